The van der Waals surface area contributed by atoms with Crippen molar-refractivity contribution in [1.29, 1.82) is 0 Å². The Morgan fingerprint density at radius 3 is 2.52 bits per heavy atom. The first-order valence-electron chi connectivity index (χ1n) is 6.35. The molecule has 0 aliphatic heterocycles. The van der Waals surface area contributed by atoms with Gasteiger partial charge in [0.05, 0.1) is 17.3 Å². The van der Waals surface area contributed by atoms with Crippen molar-refractivity contribution in [2.75, 3.05) is 0 Å². The molecule has 1 aromatic carbocycles. The molecule has 0 radical (unpaired) electrons. The Morgan fingerprint density at radius 2 is 1.96 bits per heavy atom. The smallest absolute Gasteiger partial charge is 0.399 e. The summed E-state index contributed by atoms with van der Waals surface area (Å²) in [6, 6.07) is 9.78. The van der Waals surface area contributed by atoms with E-state index >= 15 is 0 Å². The van der Waals surface area contributed by atoms with Crippen LogP contribution >= 0.6 is 15.9 Å². The summed E-state index contributed by atoms with van der Waals surface area (Å²) in [4.78, 5) is 21.7. The van der Waals surface area contributed by atoms with Gasteiger partial charge in [-0.2, -0.15) is 5.10 Å². The maximum absolute atomic E-state index is 11.6. The predicted molar refractivity (Wildman–Crippen MR) is 84.1 cm³/mol. The van der Waals surface area contributed by atoms with Crippen molar-refractivity contribution in [1.82, 2.24) is 9.78 Å². The van der Waals surface area contributed by atoms with Crippen LogP contribution in [0, 0.1) is 10.1 Å². The van der Waals surface area contributed by atoms with Crippen molar-refractivity contribution in [3.05, 3.63) is 62.7 Å². The number of furan rings is 1. The lowest BCUT2D eigenvalue weighted by Gasteiger charge is -2.00. The third-order valence-electron chi connectivity index (χ3n) is 3.08. The second-order valence-electron chi connectivity index (χ2n) is 4.57. The lowest BCUT2D eigenvalue weighted by atomic mass is 10.2. The molecule has 1 amide bonds. The molecule has 9 heteroatoms. The minimum Gasteiger partial charge on any atom is -0.399 e. The number of halogens is 1. The molecule has 2 heterocycles. The van der Waals surface area contributed by atoms with Crippen molar-refractivity contribution < 1.29 is 14.1 Å². The summed E-state index contributed by atoms with van der Waals surface area (Å²) in [5, 5.41) is 15.0. The van der Waals surface area contributed by atoms with Gasteiger partial charge in [-0.15, -0.1) is 0 Å². The molecule has 116 valence electrons. The van der Waals surface area contributed by atoms with Gasteiger partial charge in [0, 0.05) is 10.7 Å². The van der Waals surface area contributed by atoms with E-state index in [1.165, 1.54) is 23.0 Å². The summed E-state index contributed by atoms with van der Waals surface area (Å²) < 4.78 is 7.45. The molecule has 0 saturated carbocycles. The molecule has 3 aromatic rings. The fourth-order valence-electron chi connectivity index (χ4n) is 2.02. The molecule has 0 fully saturated rings. The molecule has 0 bridgehead atoms. The maximum atomic E-state index is 11.6. The Labute approximate surface area is 137 Å². The number of amides is 1. The highest BCUT2D eigenvalue weighted by molar-refractivity contribution is 9.10. The third kappa shape index (κ3) is 2.86. The Kier molecular flexibility index (Phi) is 3.70. The Morgan fingerprint density at radius 1 is 1.26 bits per heavy atom. The van der Waals surface area contributed by atoms with Crippen LogP contribution in [0.1, 0.15) is 10.4 Å². The molecule has 0 aliphatic rings. The number of carbonyl (C=O) groups is 1. The summed E-state index contributed by atoms with van der Waals surface area (Å²) >= 11 is 3.33. The SMILES string of the molecule is NC(=O)c1cn(-c2ccc(Br)cc2)nc1-c1ccc([N+](=O)[O-])o1. The van der Waals surface area contributed by atoms with Gasteiger partial charge in [0.2, 0.25) is 0 Å². The van der Waals surface area contributed by atoms with Crippen molar-refractivity contribution in [3.8, 4) is 17.1 Å². The van der Waals surface area contributed by atoms with Gasteiger partial charge in [-0.1, -0.05) is 15.9 Å². The summed E-state index contributed by atoms with van der Waals surface area (Å²) in [6.45, 7) is 0. The van der Waals surface area contributed by atoms with Gasteiger partial charge < -0.3 is 10.2 Å². The highest BCUT2D eigenvalue weighted by Crippen LogP contribution is 2.28. The van der Waals surface area contributed by atoms with Crippen LogP contribution in [0.25, 0.3) is 17.1 Å². The molecule has 2 N–H and O–H groups in total. The van der Waals surface area contributed by atoms with Crippen LogP contribution in [0.3, 0.4) is 0 Å². The Hall–Kier alpha value is -2.94. The molecule has 23 heavy (non-hydrogen) atoms. The van der Waals surface area contributed by atoms with E-state index in [2.05, 4.69) is 21.0 Å². The fraction of sp³-hybridized carbons (Fsp3) is 0. The van der Waals surface area contributed by atoms with Crippen molar-refractivity contribution in [2.24, 2.45) is 5.73 Å². The van der Waals surface area contributed by atoms with E-state index in [1.807, 2.05) is 12.1 Å². The van der Waals surface area contributed by atoms with Gasteiger partial charge >= 0.3 is 5.88 Å². The van der Waals surface area contributed by atoms with Gasteiger partial charge in [0.25, 0.3) is 5.91 Å². The quantitative estimate of drug-likeness (QED) is 0.554. The zero-order valence-corrected chi connectivity index (χ0v) is 13.1. The van der Waals surface area contributed by atoms with Gasteiger partial charge in [0.1, 0.15) is 10.6 Å². The van der Waals surface area contributed by atoms with Gasteiger partial charge in [-0.3, -0.25) is 14.9 Å². The van der Waals surface area contributed by atoms with Crippen molar-refractivity contribution in [3.63, 3.8) is 0 Å². The zero-order valence-electron chi connectivity index (χ0n) is 11.5. The average Bonchev–Trinajstić information content (AvgIpc) is 3.14. The van der Waals surface area contributed by atoms with Crippen molar-refractivity contribution in [2.45, 2.75) is 0 Å². The minimum atomic E-state index is -0.706. The minimum absolute atomic E-state index is 0.0985. The predicted octanol–water partition coefficient (Wildman–Crippen LogP) is 2.90. The van der Waals surface area contributed by atoms with Crippen LogP contribution in [0.2, 0.25) is 0 Å². The van der Waals surface area contributed by atoms with E-state index in [0.29, 0.717) is 5.69 Å². The van der Waals surface area contributed by atoms with Crippen LogP contribution in [0.15, 0.2) is 51.5 Å². The number of rotatable bonds is 4. The summed E-state index contributed by atoms with van der Waals surface area (Å²) in [7, 11) is 0. The second-order valence-corrected chi connectivity index (χ2v) is 5.49. The van der Waals surface area contributed by atoms with E-state index < -0.39 is 16.7 Å². The molecule has 0 spiro atoms. The highest BCUT2D eigenvalue weighted by atomic mass is 79.9. The first-order chi connectivity index (χ1) is 11.0. The zero-order chi connectivity index (χ0) is 16.6. The van der Waals surface area contributed by atoms with Crippen LogP contribution in [-0.4, -0.2) is 20.6 Å². The molecular weight excluding hydrogens is 368 g/mol. The largest absolute Gasteiger partial charge is 0.433 e. The van der Waals surface area contributed by atoms with Crippen LogP contribution in [0.5, 0.6) is 0 Å². The van der Waals surface area contributed by atoms with Crippen molar-refractivity contribution >= 4 is 27.7 Å². The highest BCUT2D eigenvalue weighted by Gasteiger charge is 2.21. The summed E-state index contributed by atoms with van der Waals surface area (Å²) in [6.07, 6.45) is 1.45. The molecule has 0 saturated heterocycles. The van der Waals surface area contributed by atoms with Gasteiger partial charge in [-0.05, 0) is 30.3 Å². The van der Waals surface area contributed by atoms with Gasteiger partial charge in [0.15, 0.2) is 5.76 Å². The number of nitro groups is 1. The number of carbonyl (C=O) groups excluding carboxylic acids is 1. The second kappa shape index (κ2) is 5.69. The lowest BCUT2D eigenvalue weighted by Crippen LogP contribution is -2.11. The standard InChI is InChI=1S/C14H9BrN4O4/c15-8-1-3-9(4-2-8)18-7-10(14(16)20)13(17-18)11-5-6-12(23-11)19(21)22/h1-7H,(H2,16,20). The van der Waals surface area contributed by atoms with Crippen LogP contribution in [-0.2, 0) is 0 Å². The Balaban J connectivity index is 2.10. The normalized spacial score (nSPS) is 10.7. The lowest BCUT2D eigenvalue weighted by molar-refractivity contribution is -0.401. The van der Waals surface area contributed by atoms with Gasteiger partial charge in [-0.25, -0.2) is 4.68 Å². The van der Waals surface area contributed by atoms with E-state index in [-0.39, 0.29) is 17.0 Å². The molecule has 3 rings (SSSR count). The molecular formula is C14H9BrN4O4. The van der Waals surface area contributed by atoms with E-state index in [0.717, 1.165) is 4.47 Å². The number of benzene rings is 1. The van der Waals surface area contributed by atoms with E-state index in [9.17, 15) is 14.9 Å². The molecule has 8 nitrogen and oxygen atoms in total. The first-order valence-corrected chi connectivity index (χ1v) is 7.15. The molecule has 0 aliphatic carbocycles. The van der Waals surface area contributed by atoms with Crippen LogP contribution < -0.4 is 5.73 Å². The van der Waals surface area contributed by atoms with Crippen LogP contribution in [0.4, 0.5) is 5.88 Å². The number of hydrogen-bond donors (Lipinski definition) is 1. The monoisotopic (exact) mass is 376 g/mol. The number of nitrogens with zero attached hydrogens (tertiary/aromatic N) is 3. The number of nitrogens with two attached hydrogens (primary N) is 1. The molecule has 2 aromatic heterocycles. The number of hydrogen-bond acceptors (Lipinski definition) is 5. The molecule has 0 atom stereocenters. The maximum Gasteiger partial charge on any atom is 0.433 e. The summed E-state index contributed by atoms with van der Waals surface area (Å²) in [5.41, 5.74) is 6.31. The van der Waals surface area contributed by atoms with E-state index in [1.54, 1.807) is 12.1 Å². The molecule has 0 unspecified atom stereocenters. The number of primary amides is 1. The third-order valence-corrected chi connectivity index (χ3v) is 3.60. The first kappa shape index (κ1) is 15.0. The van der Waals surface area contributed by atoms with E-state index in [4.69, 9.17) is 10.2 Å². The topological polar surface area (TPSA) is 117 Å². The average molecular weight is 377 g/mol. The number of aromatic nitrogens is 2. The summed E-state index contributed by atoms with van der Waals surface area (Å²) in [5.74, 6) is -1.04. The fourth-order valence-corrected chi connectivity index (χ4v) is 2.28. The Bertz CT molecular complexity index is 898.